The Morgan fingerprint density at radius 2 is 2.22 bits per heavy atom. The van der Waals surface area contributed by atoms with Crippen molar-refractivity contribution in [3.05, 3.63) is 29.8 Å². The third-order valence-corrected chi connectivity index (χ3v) is 3.36. The molecule has 3 nitrogen and oxygen atoms in total. The van der Waals surface area contributed by atoms with Crippen molar-refractivity contribution in [3.63, 3.8) is 0 Å². The minimum atomic E-state index is -0.535. The van der Waals surface area contributed by atoms with E-state index in [1.54, 1.807) is 0 Å². The molecule has 6 heteroatoms. The van der Waals surface area contributed by atoms with Crippen LogP contribution in [0.2, 0.25) is 0 Å². The predicted octanol–water partition coefficient (Wildman–Crippen LogP) is 2.21. The van der Waals surface area contributed by atoms with Gasteiger partial charge < -0.3 is 10.1 Å². The highest BCUT2D eigenvalue weighted by molar-refractivity contribution is 7.99. The van der Waals surface area contributed by atoms with Crippen LogP contribution in [0.4, 0.5) is 8.78 Å². The summed E-state index contributed by atoms with van der Waals surface area (Å²) in [5.41, 5.74) is 0. The van der Waals surface area contributed by atoms with Crippen molar-refractivity contribution < 1.29 is 18.3 Å². The maximum Gasteiger partial charge on any atom is 0.323 e. The van der Waals surface area contributed by atoms with Crippen molar-refractivity contribution in [2.24, 2.45) is 0 Å². The van der Waals surface area contributed by atoms with Gasteiger partial charge in [-0.15, -0.1) is 11.8 Å². The van der Waals surface area contributed by atoms with Gasteiger partial charge in [0.05, 0.1) is 7.11 Å². The van der Waals surface area contributed by atoms with Crippen LogP contribution >= 0.6 is 11.8 Å². The standard InChI is InChI=1S/C12H15F2NO2S/c1-3-15-10(12(16)17-2)7-18-11-6-8(13)4-5-9(11)14/h4-6,10,15H,3,7H2,1-2H3. The molecule has 100 valence electrons. The fourth-order valence-electron chi connectivity index (χ4n) is 1.36. The van der Waals surface area contributed by atoms with E-state index in [0.717, 1.165) is 30.0 Å². The topological polar surface area (TPSA) is 38.3 Å². The highest BCUT2D eigenvalue weighted by atomic mass is 32.2. The molecule has 0 bridgehead atoms. The molecule has 1 aromatic carbocycles. The Hall–Kier alpha value is -1.14. The molecule has 1 rings (SSSR count). The number of esters is 1. The zero-order valence-electron chi connectivity index (χ0n) is 10.2. The number of carbonyl (C=O) groups excluding carboxylic acids is 1. The lowest BCUT2D eigenvalue weighted by Crippen LogP contribution is -2.39. The lowest BCUT2D eigenvalue weighted by Gasteiger charge is -2.14. The van der Waals surface area contributed by atoms with Crippen LogP contribution < -0.4 is 5.32 Å². The van der Waals surface area contributed by atoms with E-state index < -0.39 is 23.6 Å². The molecule has 0 aliphatic carbocycles. The zero-order valence-corrected chi connectivity index (χ0v) is 11.0. The number of carbonyl (C=O) groups is 1. The first-order chi connectivity index (χ1) is 8.58. The van der Waals surface area contributed by atoms with E-state index in [0.29, 0.717) is 6.54 Å². The van der Waals surface area contributed by atoms with E-state index in [-0.39, 0.29) is 10.6 Å². The molecule has 0 aliphatic heterocycles. The molecule has 0 aliphatic rings. The van der Waals surface area contributed by atoms with Gasteiger partial charge >= 0.3 is 5.97 Å². The summed E-state index contributed by atoms with van der Waals surface area (Å²) >= 11 is 1.07. The van der Waals surface area contributed by atoms with Crippen molar-refractivity contribution in [3.8, 4) is 0 Å². The van der Waals surface area contributed by atoms with E-state index in [4.69, 9.17) is 0 Å². The van der Waals surface area contributed by atoms with Gasteiger partial charge in [0, 0.05) is 10.6 Å². The summed E-state index contributed by atoms with van der Waals surface area (Å²) in [6.07, 6.45) is 0. The summed E-state index contributed by atoms with van der Waals surface area (Å²) in [7, 11) is 1.29. The molecule has 1 aromatic rings. The molecule has 0 saturated carbocycles. The number of likely N-dealkylation sites (N-methyl/N-ethyl adjacent to an activating group) is 1. The van der Waals surface area contributed by atoms with Crippen LogP contribution in [0.25, 0.3) is 0 Å². The Morgan fingerprint density at radius 1 is 1.50 bits per heavy atom. The van der Waals surface area contributed by atoms with Gasteiger partial charge in [-0.05, 0) is 24.7 Å². The Labute approximate surface area is 109 Å². The summed E-state index contributed by atoms with van der Waals surface area (Å²) < 4.78 is 30.9. The number of benzene rings is 1. The van der Waals surface area contributed by atoms with Crippen LogP contribution in [0.15, 0.2) is 23.1 Å². The molecule has 1 N–H and O–H groups in total. The second-order valence-corrected chi connectivity index (χ2v) is 4.58. The summed E-state index contributed by atoms with van der Waals surface area (Å²) in [6, 6.07) is 2.70. The van der Waals surface area contributed by atoms with E-state index in [9.17, 15) is 13.6 Å². The van der Waals surface area contributed by atoms with Gasteiger partial charge in [0.1, 0.15) is 17.7 Å². The number of halogens is 2. The largest absolute Gasteiger partial charge is 0.468 e. The molecule has 1 unspecified atom stereocenters. The number of methoxy groups -OCH3 is 1. The molecule has 0 aromatic heterocycles. The Morgan fingerprint density at radius 3 is 2.83 bits per heavy atom. The fourth-order valence-corrected chi connectivity index (χ4v) is 2.36. The summed E-state index contributed by atoms with van der Waals surface area (Å²) in [5.74, 6) is -1.14. The molecule has 18 heavy (non-hydrogen) atoms. The van der Waals surface area contributed by atoms with Crippen LogP contribution in [0, 0.1) is 11.6 Å². The van der Waals surface area contributed by atoms with Crippen molar-refractivity contribution in [1.29, 1.82) is 0 Å². The number of thioether (sulfide) groups is 1. The minimum absolute atomic E-state index is 0.182. The van der Waals surface area contributed by atoms with Gasteiger partial charge in [-0.3, -0.25) is 4.79 Å². The van der Waals surface area contributed by atoms with Crippen LogP contribution in [0.1, 0.15) is 6.92 Å². The van der Waals surface area contributed by atoms with Crippen LogP contribution in [-0.2, 0) is 9.53 Å². The molecular weight excluding hydrogens is 260 g/mol. The van der Waals surface area contributed by atoms with Crippen molar-refractivity contribution in [2.45, 2.75) is 17.9 Å². The van der Waals surface area contributed by atoms with E-state index in [1.807, 2.05) is 6.92 Å². The maximum absolute atomic E-state index is 13.4. The van der Waals surface area contributed by atoms with Gasteiger partial charge in [-0.25, -0.2) is 8.78 Å². The fraction of sp³-hybridized carbons (Fsp3) is 0.417. The number of nitrogens with one attached hydrogen (secondary N) is 1. The number of hydrogen-bond donors (Lipinski definition) is 1. The Bertz CT molecular complexity index is 415. The molecule has 0 radical (unpaired) electrons. The van der Waals surface area contributed by atoms with E-state index >= 15 is 0 Å². The lowest BCUT2D eigenvalue weighted by molar-refractivity contribution is -0.142. The highest BCUT2D eigenvalue weighted by Crippen LogP contribution is 2.23. The monoisotopic (exact) mass is 275 g/mol. The van der Waals surface area contributed by atoms with Gasteiger partial charge in [-0.2, -0.15) is 0 Å². The number of rotatable bonds is 6. The van der Waals surface area contributed by atoms with Crippen LogP contribution in [0.3, 0.4) is 0 Å². The third kappa shape index (κ3) is 4.27. The number of ether oxygens (including phenoxy) is 1. The second-order valence-electron chi connectivity index (χ2n) is 3.52. The van der Waals surface area contributed by atoms with Crippen molar-refractivity contribution in [2.75, 3.05) is 19.4 Å². The Balaban J connectivity index is 2.66. The average molecular weight is 275 g/mol. The van der Waals surface area contributed by atoms with Crippen molar-refractivity contribution in [1.82, 2.24) is 5.32 Å². The zero-order chi connectivity index (χ0) is 13.5. The quantitative estimate of drug-likeness (QED) is 0.638. The molecule has 1 atom stereocenters. The summed E-state index contributed by atoms with van der Waals surface area (Å²) in [4.78, 5) is 11.6. The van der Waals surface area contributed by atoms with E-state index in [2.05, 4.69) is 10.1 Å². The highest BCUT2D eigenvalue weighted by Gasteiger charge is 2.18. The molecule has 0 fully saturated rings. The SMILES string of the molecule is CCNC(CSc1cc(F)ccc1F)C(=O)OC. The van der Waals surface area contributed by atoms with Gasteiger partial charge in [0.2, 0.25) is 0 Å². The molecule has 0 amide bonds. The summed E-state index contributed by atoms with van der Waals surface area (Å²) in [5, 5.41) is 2.93. The molecule has 0 saturated heterocycles. The predicted molar refractivity (Wildman–Crippen MR) is 66.6 cm³/mol. The van der Waals surface area contributed by atoms with E-state index in [1.165, 1.54) is 7.11 Å². The first-order valence-corrected chi connectivity index (χ1v) is 6.46. The maximum atomic E-state index is 13.4. The Kier molecular flexibility index (Phi) is 6.07. The smallest absolute Gasteiger partial charge is 0.323 e. The first-order valence-electron chi connectivity index (χ1n) is 5.47. The summed E-state index contributed by atoms with van der Waals surface area (Å²) in [6.45, 7) is 2.44. The average Bonchev–Trinajstić information content (AvgIpc) is 2.37. The molecule has 0 spiro atoms. The van der Waals surface area contributed by atoms with Gasteiger partial charge in [0.15, 0.2) is 0 Å². The molecule has 0 heterocycles. The van der Waals surface area contributed by atoms with Gasteiger partial charge in [-0.1, -0.05) is 6.92 Å². The minimum Gasteiger partial charge on any atom is -0.468 e. The third-order valence-electron chi connectivity index (χ3n) is 2.23. The van der Waals surface area contributed by atoms with Crippen LogP contribution in [0.5, 0.6) is 0 Å². The van der Waals surface area contributed by atoms with Crippen LogP contribution in [-0.4, -0.2) is 31.4 Å². The number of hydrogen-bond acceptors (Lipinski definition) is 4. The normalized spacial score (nSPS) is 12.2. The first kappa shape index (κ1) is 14.9. The molecular formula is C12H15F2NO2S. The lowest BCUT2D eigenvalue weighted by atomic mass is 10.3. The second kappa shape index (κ2) is 7.33. The van der Waals surface area contributed by atoms with Crippen molar-refractivity contribution >= 4 is 17.7 Å². The van der Waals surface area contributed by atoms with Gasteiger partial charge in [0.25, 0.3) is 0 Å².